The molecule has 0 bridgehead atoms. The van der Waals surface area contributed by atoms with Crippen LogP contribution in [0.3, 0.4) is 0 Å². The Hall–Kier alpha value is -2.24. The molecule has 2 aliphatic heterocycles. The highest BCUT2D eigenvalue weighted by atomic mass is 32.2. The minimum Gasteiger partial charge on any atom is -0.486 e. The van der Waals surface area contributed by atoms with Crippen LogP contribution in [0.2, 0.25) is 0 Å². The first-order chi connectivity index (χ1) is 15.4. The Bertz CT molecular complexity index is 1060. The molecule has 1 aromatic heterocycles. The van der Waals surface area contributed by atoms with Crippen LogP contribution in [-0.4, -0.2) is 55.1 Å². The second-order valence-electron chi connectivity index (χ2n) is 7.93. The summed E-state index contributed by atoms with van der Waals surface area (Å²) in [6, 6.07) is 4.67. The number of rotatable bonds is 7. The van der Waals surface area contributed by atoms with Gasteiger partial charge in [-0.25, -0.2) is 8.42 Å². The molecule has 1 fully saturated rings. The summed E-state index contributed by atoms with van der Waals surface area (Å²) in [5.74, 6) is 0.953. The van der Waals surface area contributed by atoms with E-state index in [-0.39, 0.29) is 29.8 Å². The molecule has 3 heterocycles. The van der Waals surface area contributed by atoms with Crippen molar-refractivity contribution in [1.82, 2.24) is 14.5 Å². The Morgan fingerprint density at radius 1 is 1.16 bits per heavy atom. The number of carbonyl (C=O) groups excluding carboxylic acids is 1. The predicted octanol–water partition coefficient (Wildman–Crippen LogP) is 3.25. The van der Waals surface area contributed by atoms with Crippen LogP contribution in [-0.2, 0) is 14.8 Å². The summed E-state index contributed by atoms with van der Waals surface area (Å²) in [5, 5.41) is 12.6. The maximum Gasteiger partial charge on any atom is 0.243 e. The average molecular weight is 481 g/mol. The number of anilines is 1. The van der Waals surface area contributed by atoms with Crippen molar-refractivity contribution in [3.63, 3.8) is 0 Å². The van der Waals surface area contributed by atoms with Crippen molar-refractivity contribution in [2.45, 2.75) is 50.3 Å². The number of hydrogen-bond acceptors (Lipinski definition) is 8. The third kappa shape index (κ3) is 4.74. The minimum absolute atomic E-state index is 0.131. The van der Waals surface area contributed by atoms with Crippen LogP contribution < -0.4 is 14.8 Å². The fourth-order valence-corrected chi connectivity index (χ4v) is 6.49. The summed E-state index contributed by atoms with van der Waals surface area (Å²) in [6.07, 6.45) is 2.87. The van der Waals surface area contributed by atoms with Crippen LogP contribution in [0.4, 0.5) is 5.13 Å². The van der Waals surface area contributed by atoms with E-state index in [1.54, 1.807) is 6.07 Å². The SMILES string of the molecule is CCC(CC)c1nnc(NC(=O)C2CCN(S(=O)(=O)c3ccc4c(c3)OCCO4)CC2)s1. The van der Waals surface area contributed by atoms with E-state index in [9.17, 15) is 13.2 Å². The van der Waals surface area contributed by atoms with Crippen molar-refractivity contribution in [3.8, 4) is 11.5 Å². The average Bonchev–Trinajstić information content (AvgIpc) is 3.27. The van der Waals surface area contributed by atoms with Gasteiger partial charge >= 0.3 is 0 Å². The Morgan fingerprint density at radius 3 is 2.53 bits per heavy atom. The number of amides is 1. The predicted molar refractivity (Wildman–Crippen MR) is 121 cm³/mol. The summed E-state index contributed by atoms with van der Waals surface area (Å²) < 4.78 is 38.6. The molecule has 11 heteroatoms. The third-order valence-corrected chi connectivity index (χ3v) is 8.88. The van der Waals surface area contributed by atoms with E-state index in [1.807, 2.05) is 0 Å². The van der Waals surface area contributed by atoms with E-state index in [1.165, 1.54) is 27.8 Å². The molecule has 0 spiro atoms. The number of nitrogens with zero attached hydrogens (tertiary/aromatic N) is 3. The Labute approximate surface area is 192 Å². The molecule has 9 nitrogen and oxygen atoms in total. The summed E-state index contributed by atoms with van der Waals surface area (Å²) in [4.78, 5) is 12.9. The van der Waals surface area contributed by atoms with Crippen molar-refractivity contribution in [2.75, 3.05) is 31.6 Å². The molecule has 32 heavy (non-hydrogen) atoms. The van der Waals surface area contributed by atoms with E-state index in [0.717, 1.165) is 17.8 Å². The summed E-state index contributed by atoms with van der Waals surface area (Å²) in [6.45, 7) is 5.63. The first-order valence-electron chi connectivity index (χ1n) is 11.0. The number of carbonyl (C=O) groups is 1. The van der Waals surface area contributed by atoms with E-state index >= 15 is 0 Å². The topological polar surface area (TPSA) is 111 Å². The van der Waals surface area contributed by atoms with E-state index < -0.39 is 10.0 Å². The van der Waals surface area contributed by atoms with Crippen LogP contribution in [0.15, 0.2) is 23.1 Å². The van der Waals surface area contributed by atoms with Gasteiger partial charge in [0.25, 0.3) is 0 Å². The Morgan fingerprint density at radius 2 is 1.84 bits per heavy atom. The van der Waals surface area contributed by atoms with Gasteiger partial charge in [-0.2, -0.15) is 4.31 Å². The van der Waals surface area contributed by atoms with Crippen molar-refractivity contribution in [1.29, 1.82) is 0 Å². The van der Waals surface area contributed by atoms with Crippen LogP contribution in [0.5, 0.6) is 11.5 Å². The highest BCUT2D eigenvalue weighted by molar-refractivity contribution is 7.89. The Kier molecular flexibility index (Phi) is 6.96. The van der Waals surface area contributed by atoms with Gasteiger partial charge in [0.05, 0.1) is 4.90 Å². The van der Waals surface area contributed by atoms with Crippen LogP contribution in [0.1, 0.15) is 50.5 Å². The molecule has 0 aliphatic carbocycles. The molecule has 2 aliphatic rings. The quantitative estimate of drug-likeness (QED) is 0.647. The van der Waals surface area contributed by atoms with Gasteiger partial charge in [-0.3, -0.25) is 4.79 Å². The summed E-state index contributed by atoms with van der Waals surface area (Å²) in [7, 11) is -3.67. The van der Waals surface area contributed by atoms with Crippen molar-refractivity contribution >= 4 is 32.4 Å². The zero-order valence-corrected chi connectivity index (χ0v) is 19.9. The molecule has 0 atom stereocenters. The first-order valence-corrected chi connectivity index (χ1v) is 13.2. The fourth-order valence-electron chi connectivity index (χ4n) is 3.99. The fraction of sp³-hybridized carbons (Fsp3) is 0.571. The summed E-state index contributed by atoms with van der Waals surface area (Å²) in [5.41, 5.74) is 0. The molecule has 0 unspecified atom stereocenters. The molecular weight excluding hydrogens is 452 g/mol. The van der Waals surface area contributed by atoms with Crippen LogP contribution >= 0.6 is 11.3 Å². The number of sulfonamides is 1. The molecule has 1 aromatic carbocycles. The molecule has 0 radical (unpaired) electrons. The summed E-state index contributed by atoms with van der Waals surface area (Å²) >= 11 is 1.41. The number of aromatic nitrogens is 2. The second kappa shape index (κ2) is 9.72. The maximum atomic E-state index is 13.1. The number of nitrogens with one attached hydrogen (secondary N) is 1. The molecule has 2 aromatic rings. The van der Waals surface area contributed by atoms with Gasteiger partial charge in [0.2, 0.25) is 21.1 Å². The number of hydrogen-bond donors (Lipinski definition) is 1. The largest absolute Gasteiger partial charge is 0.486 e. The van der Waals surface area contributed by atoms with Gasteiger partial charge in [0.15, 0.2) is 11.5 Å². The molecule has 1 N–H and O–H groups in total. The van der Waals surface area contributed by atoms with Gasteiger partial charge in [-0.15, -0.1) is 10.2 Å². The van der Waals surface area contributed by atoms with Gasteiger partial charge in [0, 0.05) is 31.0 Å². The smallest absolute Gasteiger partial charge is 0.243 e. The third-order valence-electron chi connectivity index (χ3n) is 5.98. The van der Waals surface area contributed by atoms with E-state index in [4.69, 9.17) is 9.47 Å². The normalized spacial score (nSPS) is 17.5. The molecule has 0 saturated carbocycles. The van der Waals surface area contributed by atoms with E-state index in [0.29, 0.717) is 48.6 Å². The van der Waals surface area contributed by atoms with Crippen LogP contribution in [0, 0.1) is 5.92 Å². The molecular formula is C21H28N4O5S2. The lowest BCUT2D eigenvalue weighted by atomic mass is 9.97. The molecule has 4 rings (SSSR count). The molecule has 1 saturated heterocycles. The highest BCUT2D eigenvalue weighted by Crippen LogP contribution is 2.34. The number of benzene rings is 1. The monoisotopic (exact) mass is 480 g/mol. The number of fused-ring (bicyclic) bond motifs is 1. The zero-order chi connectivity index (χ0) is 22.7. The van der Waals surface area contributed by atoms with Gasteiger partial charge < -0.3 is 14.8 Å². The van der Waals surface area contributed by atoms with Crippen LogP contribution in [0.25, 0.3) is 0 Å². The Balaban J connectivity index is 1.36. The van der Waals surface area contributed by atoms with Gasteiger partial charge in [-0.1, -0.05) is 25.2 Å². The lowest BCUT2D eigenvalue weighted by Crippen LogP contribution is -2.41. The number of piperidine rings is 1. The second-order valence-corrected chi connectivity index (χ2v) is 10.9. The minimum atomic E-state index is -3.67. The maximum absolute atomic E-state index is 13.1. The standard InChI is InChI=1S/C21H28N4O5S2/c1-3-14(4-2)20-23-24-21(31-20)22-19(26)15-7-9-25(10-8-15)32(27,28)16-5-6-17-18(13-16)30-12-11-29-17/h5-6,13-15H,3-4,7-12H2,1-2H3,(H,22,24,26). The molecule has 174 valence electrons. The van der Waals surface area contributed by atoms with Gasteiger partial charge in [-0.05, 0) is 37.8 Å². The highest BCUT2D eigenvalue weighted by Gasteiger charge is 2.33. The number of ether oxygens (including phenoxy) is 2. The lowest BCUT2D eigenvalue weighted by Gasteiger charge is -2.30. The first kappa shape index (κ1) is 22.9. The zero-order valence-electron chi connectivity index (χ0n) is 18.2. The van der Waals surface area contributed by atoms with Crippen molar-refractivity contribution in [3.05, 3.63) is 23.2 Å². The van der Waals surface area contributed by atoms with Crippen molar-refractivity contribution in [2.24, 2.45) is 5.92 Å². The molecule has 1 amide bonds. The lowest BCUT2D eigenvalue weighted by molar-refractivity contribution is -0.120. The van der Waals surface area contributed by atoms with E-state index in [2.05, 4.69) is 29.4 Å². The van der Waals surface area contributed by atoms with Gasteiger partial charge in [0.1, 0.15) is 18.2 Å². The van der Waals surface area contributed by atoms with Crippen molar-refractivity contribution < 1.29 is 22.7 Å².